The molecule has 6 rings (SSSR count). The first-order valence-corrected chi connectivity index (χ1v) is 23.8. The van der Waals surface area contributed by atoms with Gasteiger partial charge in [-0.2, -0.15) is 17.3 Å². The first-order chi connectivity index (χ1) is 30.6. The van der Waals surface area contributed by atoms with Crippen LogP contribution in [0.2, 0.25) is 0 Å². The maximum Gasteiger partial charge on any atom is 2.00 e. The number of methoxy groups -OCH3 is 1. The number of ketones is 1. The molecule has 0 radical (unpaired) electrons. The van der Waals surface area contributed by atoms with E-state index in [1.165, 1.54) is 57.6 Å². The predicted octanol–water partition coefficient (Wildman–Crippen LogP) is 10.2. The summed E-state index contributed by atoms with van der Waals surface area (Å²) in [6, 6.07) is 0. The summed E-state index contributed by atoms with van der Waals surface area (Å²) in [4.78, 5) is 56.6. The molecule has 0 spiro atoms. The minimum Gasteiger partial charge on any atom is -0.664 e. The molecule has 0 amide bonds. The van der Waals surface area contributed by atoms with Gasteiger partial charge in [0.2, 0.25) is 0 Å². The van der Waals surface area contributed by atoms with Crippen molar-refractivity contribution in [3.05, 3.63) is 109 Å². The van der Waals surface area contributed by atoms with Crippen LogP contribution in [0.4, 0.5) is 0 Å². The number of carbonyl (C=O) groups is 3. The summed E-state index contributed by atoms with van der Waals surface area (Å²) in [5.74, 6) is -1.04. The first-order valence-electron chi connectivity index (χ1n) is 23.8. The number of Topliss-reactive ketones (excluding diaryl/α,β-unsaturated/α-hetero) is 1. The molecule has 3 aliphatic rings. The van der Waals surface area contributed by atoms with Crippen LogP contribution in [0.25, 0.3) is 35.2 Å². The van der Waals surface area contributed by atoms with E-state index in [2.05, 4.69) is 62.0 Å². The number of fused-ring (bicyclic) bond motifs is 7. The average molecular weight is 893 g/mol. The summed E-state index contributed by atoms with van der Waals surface area (Å²) in [7, 11) is 1.29. The Morgan fingerprint density at radius 2 is 1.55 bits per heavy atom. The maximum absolute atomic E-state index is 14.4. The second-order valence-electron chi connectivity index (χ2n) is 19.2. The molecule has 1 aliphatic carbocycles. The van der Waals surface area contributed by atoms with Gasteiger partial charge in [-0.3, -0.25) is 14.4 Å². The number of nitrogens with zero attached hydrogens (tertiary/aromatic N) is 4. The Hall–Kier alpha value is -4.28. The second-order valence-corrected chi connectivity index (χ2v) is 19.2. The molecule has 1 fully saturated rings. The fraction of sp³-hybridized carbons (Fsp3) is 0.527. The van der Waals surface area contributed by atoms with Crippen LogP contribution in [0.5, 0.6) is 0 Å². The molecule has 10 heteroatoms. The Kier molecular flexibility index (Phi) is 18.3. The standard InChI is InChI=1S/C55H72N4O5.Mg/c1-13-39-35(8)42-28-44-37(10)41(24-25-48(60)64-27-26-34(7)23-17-22-33(6)21-16-20-32(5)19-15-18-31(3)4)52(58-44)50-51(55(62)63-12)54(61)49-38(11)45(59-53(49)50)30-47-40(14-2)36(9)43(57-47)29-46(39)56-42;/h13,26,28-33,37,41,51H,1,5,14-25,27H2,2-4,6-12H3,(H-,58,59,61);/q-4;+2/p-1/b34-26+,43-29-,44-28-,47-30-;/t32-,33-,37+,41+,51-;/m1./s1. The van der Waals surface area contributed by atoms with Crippen LogP contribution < -0.4 is 25.7 Å². The first kappa shape index (κ1) is 51.7. The molecular weight excluding hydrogens is 821 g/mol. The second kappa shape index (κ2) is 22.9. The Labute approximate surface area is 404 Å². The molecule has 2 aliphatic heterocycles. The Morgan fingerprint density at radius 1 is 0.877 bits per heavy atom. The maximum atomic E-state index is 14.4. The van der Waals surface area contributed by atoms with Crippen LogP contribution in [0.15, 0.2) is 29.6 Å². The van der Waals surface area contributed by atoms with Crippen LogP contribution in [0.3, 0.4) is 0 Å². The monoisotopic (exact) mass is 892 g/mol. The van der Waals surface area contributed by atoms with Gasteiger partial charge in [0.1, 0.15) is 12.5 Å². The summed E-state index contributed by atoms with van der Waals surface area (Å²) in [5, 5.41) is 6.83. The SMILES string of the molecule is C=Cc1c2[n-]c(c1C)/C=C1\[N-]/C(=C3\c4[n-]c(c(C)c4C(=O)[C@@H]3C(=O)OC)/C=c3\[n-]/c(c(C)c3CC)=C\2)[C@@H](CCC(=O)OC/C=C(\C)CCC[C@H](C)CCC[C@H]([CH2-])CCCC(C)C)[C@@H]1C.[Mg+2]. The fourth-order valence-corrected chi connectivity index (χ4v) is 9.96. The molecule has 346 valence electrons. The van der Waals surface area contributed by atoms with E-state index in [4.69, 9.17) is 29.7 Å². The van der Waals surface area contributed by atoms with E-state index >= 15 is 0 Å². The molecule has 1 saturated heterocycles. The van der Waals surface area contributed by atoms with E-state index in [0.717, 1.165) is 75.2 Å². The quantitative estimate of drug-likeness (QED) is 0.0361. The van der Waals surface area contributed by atoms with Crippen molar-refractivity contribution in [3.63, 3.8) is 0 Å². The van der Waals surface area contributed by atoms with Gasteiger partial charge >= 0.3 is 35.0 Å². The largest absolute Gasteiger partial charge is 2.00 e. The Morgan fingerprint density at radius 3 is 2.23 bits per heavy atom. The van der Waals surface area contributed by atoms with Crippen molar-refractivity contribution < 1.29 is 23.9 Å². The van der Waals surface area contributed by atoms with Crippen LogP contribution in [-0.2, 0) is 25.5 Å². The molecule has 3 aromatic rings. The number of hydrogen-bond acceptors (Lipinski definition) is 5. The van der Waals surface area contributed by atoms with Gasteiger partial charge in [0.15, 0.2) is 5.78 Å². The van der Waals surface area contributed by atoms with Crippen LogP contribution in [0.1, 0.15) is 173 Å². The zero-order valence-electron chi connectivity index (χ0n) is 41.0. The van der Waals surface area contributed by atoms with Gasteiger partial charge in [-0.25, -0.2) is 0 Å². The number of carbonyl (C=O) groups excluding carboxylic acids is 3. The molecular formula is C55H71MgN4O5-3. The van der Waals surface area contributed by atoms with Crippen molar-refractivity contribution in [1.82, 2.24) is 15.0 Å². The third-order valence-corrected chi connectivity index (χ3v) is 14.1. The Balaban J connectivity index is 0.00000793. The van der Waals surface area contributed by atoms with Crippen molar-refractivity contribution in [2.75, 3.05) is 13.7 Å². The summed E-state index contributed by atoms with van der Waals surface area (Å²) in [5.41, 5.74) is 10.7. The molecule has 5 atom stereocenters. The number of allylic oxidation sites excluding steroid dienone is 3. The molecule has 0 aromatic carbocycles. The topological polar surface area (TPSA) is 126 Å². The van der Waals surface area contributed by atoms with Crippen molar-refractivity contribution in [1.29, 1.82) is 0 Å². The number of rotatable bonds is 20. The summed E-state index contributed by atoms with van der Waals surface area (Å²) >= 11 is 0. The third-order valence-electron chi connectivity index (χ3n) is 14.1. The van der Waals surface area contributed by atoms with Gasteiger partial charge in [-0.05, 0) is 88.7 Å². The van der Waals surface area contributed by atoms with Crippen molar-refractivity contribution in [3.8, 4) is 0 Å². The fourth-order valence-electron chi connectivity index (χ4n) is 9.96. The van der Waals surface area contributed by atoms with E-state index in [1.807, 2.05) is 44.2 Å². The zero-order chi connectivity index (χ0) is 46.4. The summed E-state index contributed by atoms with van der Waals surface area (Å²) < 4.78 is 11.0. The zero-order valence-corrected chi connectivity index (χ0v) is 42.4. The molecule has 65 heavy (non-hydrogen) atoms. The minimum absolute atomic E-state index is 0. The van der Waals surface area contributed by atoms with E-state index in [9.17, 15) is 14.4 Å². The molecule has 8 bridgehead atoms. The molecule has 0 unspecified atom stereocenters. The van der Waals surface area contributed by atoms with Gasteiger partial charge in [0.25, 0.3) is 0 Å². The van der Waals surface area contributed by atoms with Gasteiger partial charge in [-0.1, -0.05) is 144 Å². The third kappa shape index (κ3) is 11.6. The van der Waals surface area contributed by atoms with Gasteiger partial charge in [0, 0.05) is 12.0 Å². The van der Waals surface area contributed by atoms with Gasteiger partial charge in [-0.15, -0.1) is 33.5 Å². The van der Waals surface area contributed by atoms with Crippen molar-refractivity contribution in [2.24, 2.45) is 35.5 Å². The molecule has 3 aromatic heterocycles. The van der Waals surface area contributed by atoms with E-state index in [-0.39, 0.29) is 59.7 Å². The normalized spacial score (nSPS) is 21.7. The number of esters is 2. The van der Waals surface area contributed by atoms with Gasteiger partial charge < -0.3 is 36.7 Å². The van der Waals surface area contributed by atoms with Gasteiger partial charge in [0.05, 0.1) is 7.11 Å². The predicted molar refractivity (Wildman–Crippen MR) is 264 cm³/mol. The molecule has 5 heterocycles. The number of aromatic nitrogens is 3. The summed E-state index contributed by atoms with van der Waals surface area (Å²) in [6.07, 6.45) is 21.9. The van der Waals surface area contributed by atoms with E-state index in [1.54, 1.807) is 0 Å². The van der Waals surface area contributed by atoms with E-state index in [0.29, 0.717) is 52.0 Å². The van der Waals surface area contributed by atoms with Crippen LogP contribution in [-0.4, -0.2) is 54.5 Å². The van der Waals surface area contributed by atoms with Crippen molar-refractivity contribution >= 4 is 70.7 Å². The smallest absolute Gasteiger partial charge is 0.664 e. The van der Waals surface area contributed by atoms with Crippen LogP contribution >= 0.6 is 0 Å². The minimum atomic E-state index is -1.22. The molecule has 0 saturated carbocycles. The number of hydrogen-bond donors (Lipinski definition) is 0. The average Bonchev–Trinajstić information content (AvgIpc) is 3.99. The van der Waals surface area contributed by atoms with Crippen LogP contribution in [0, 0.1) is 63.2 Å². The summed E-state index contributed by atoms with van der Waals surface area (Å²) in [6.45, 7) is 27.9. The molecule has 0 N–H and O–H groups in total. The Bertz CT molecular complexity index is 2450. The van der Waals surface area contributed by atoms with E-state index < -0.39 is 11.9 Å². The molecule has 9 nitrogen and oxygen atoms in total. The number of ether oxygens (including phenoxy) is 2. The van der Waals surface area contributed by atoms with Crippen molar-refractivity contribution in [2.45, 2.75) is 139 Å².